The van der Waals surface area contributed by atoms with Crippen LogP contribution in [-0.4, -0.2) is 23.5 Å². The molecule has 0 radical (unpaired) electrons. The van der Waals surface area contributed by atoms with Crippen molar-refractivity contribution in [1.29, 1.82) is 0 Å². The summed E-state index contributed by atoms with van der Waals surface area (Å²) in [6.07, 6.45) is 1.27. The summed E-state index contributed by atoms with van der Waals surface area (Å²) in [6.45, 7) is 1.99. The Hall–Kier alpha value is -2.01. The van der Waals surface area contributed by atoms with Gasteiger partial charge in [-0.1, -0.05) is 24.9 Å². The number of aliphatic carboxylic acids is 1. The first-order valence-corrected chi connectivity index (χ1v) is 7.09. The molecule has 0 fully saturated rings. The van der Waals surface area contributed by atoms with Crippen molar-refractivity contribution >= 4 is 34.4 Å². The Kier molecular flexibility index (Phi) is 4.85. The van der Waals surface area contributed by atoms with Gasteiger partial charge >= 0.3 is 5.97 Å². The summed E-state index contributed by atoms with van der Waals surface area (Å²) < 4.78 is 5.42. The van der Waals surface area contributed by atoms with Gasteiger partial charge in [-0.3, -0.25) is 9.59 Å². The summed E-state index contributed by atoms with van der Waals surface area (Å²) in [5.74, 6) is -1.77. The number of carbonyl (C=O) groups excluding carboxylic acids is 1. The lowest BCUT2D eigenvalue weighted by Crippen LogP contribution is -2.32. The predicted molar refractivity (Wildman–Crippen MR) is 79.6 cm³/mol. The maximum absolute atomic E-state index is 12.0. The minimum absolute atomic E-state index is 0.0831. The van der Waals surface area contributed by atoms with Gasteiger partial charge in [0.15, 0.2) is 5.76 Å². The zero-order valence-electron chi connectivity index (χ0n) is 11.6. The van der Waals surface area contributed by atoms with Crippen LogP contribution in [0.1, 0.15) is 30.3 Å². The molecule has 0 saturated carbocycles. The fourth-order valence-corrected chi connectivity index (χ4v) is 2.27. The van der Waals surface area contributed by atoms with Gasteiger partial charge in [0.1, 0.15) is 5.58 Å². The van der Waals surface area contributed by atoms with E-state index >= 15 is 0 Å². The highest BCUT2D eigenvalue weighted by atomic mass is 35.5. The standard InChI is InChI=1S/C15H16ClNO4/c1-2-3-9(15(19)20)8-17-14(18)13-7-10-6-11(16)4-5-12(10)21-13/h4-7,9H,2-3,8H2,1H3,(H,17,18)(H,19,20). The van der Waals surface area contributed by atoms with E-state index in [1.54, 1.807) is 24.3 Å². The molecular weight excluding hydrogens is 294 g/mol. The first-order chi connectivity index (χ1) is 10.0. The van der Waals surface area contributed by atoms with Gasteiger partial charge in [-0.2, -0.15) is 0 Å². The topological polar surface area (TPSA) is 79.5 Å². The molecule has 1 aromatic heterocycles. The number of halogens is 1. The van der Waals surface area contributed by atoms with Crippen molar-refractivity contribution in [2.75, 3.05) is 6.54 Å². The molecule has 1 aromatic carbocycles. The number of nitrogens with one attached hydrogen (secondary N) is 1. The smallest absolute Gasteiger partial charge is 0.308 e. The van der Waals surface area contributed by atoms with Crippen LogP contribution in [0.5, 0.6) is 0 Å². The Morgan fingerprint density at radius 2 is 2.14 bits per heavy atom. The molecule has 21 heavy (non-hydrogen) atoms. The van der Waals surface area contributed by atoms with Crippen molar-refractivity contribution in [3.05, 3.63) is 35.0 Å². The molecule has 0 saturated heterocycles. The van der Waals surface area contributed by atoms with E-state index in [1.807, 2.05) is 6.92 Å². The Labute approximate surface area is 126 Å². The Morgan fingerprint density at radius 1 is 1.38 bits per heavy atom. The first kappa shape index (κ1) is 15.4. The number of benzene rings is 1. The van der Waals surface area contributed by atoms with E-state index in [2.05, 4.69) is 5.32 Å². The number of carbonyl (C=O) groups is 2. The van der Waals surface area contributed by atoms with E-state index < -0.39 is 17.8 Å². The first-order valence-electron chi connectivity index (χ1n) is 6.71. The number of hydrogen-bond donors (Lipinski definition) is 2. The van der Waals surface area contributed by atoms with E-state index in [4.69, 9.17) is 21.1 Å². The van der Waals surface area contributed by atoms with Gasteiger partial charge in [0.25, 0.3) is 5.91 Å². The molecule has 0 aliphatic carbocycles. The highest BCUT2D eigenvalue weighted by molar-refractivity contribution is 6.31. The van der Waals surface area contributed by atoms with Crippen LogP contribution in [0.4, 0.5) is 0 Å². The van der Waals surface area contributed by atoms with E-state index in [0.717, 1.165) is 11.8 Å². The number of carboxylic acids is 1. The zero-order valence-corrected chi connectivity index (χ0v) is 12.3. The van der Waals surface area contributed by atoms with Gasteiger partial charge in [0.05, 0.1) is 5.92 Å². The molecule has 1 atom stereocenters. The summed E-state index contributed by atoms with van der Waals surface area (Å²) in [6, 6.07) is 6.66. The molecule has 6 heteroatoms. The lowest BCUT2D eigenvalue weighted by molar-refractivity contribution is -0.141. The fourth-order valence-electron chi connectivity index (χ4n) is 2.09. The molecule has 0 bridgehead atoms. The van der Waals surface area contributed by atoms with Crippen LogP contribution < -0.4 is 5.32 Å². The minimum Gasteiger partial charge on any atom is -0.481 e. The lowest BCUT2D eigenvalue weighted by Gasteiger charge is -2.11. The maximum atomic E-state index is 12.0. The number of carboxylic acid groups (broad SMARTS) is 1. The van der Waals surface area contributed by atoms with Crippen LogP contribution in [-0.2, 0) is 4.79 Å². The third-order valence-electron chi connectivity index (χ3n) is 3.20. The van der Waals surface area contributed by atoms with Crippen LogP contribution in [0.15, 0.2) is 28.7 Å². The van der Waals surface area contributed by atoms with Crippen molar-refractivity contribution in [3.63, 3.8) is 0 Å². The second kappa shape index (κ2) is 6.63. The second-order valence-electron chi connectivity index (χ2n) is 4.83. The molecular formula is C15H16ClNO4. The third kappa shape index (κ3) is 3.76. The molecule has 5 nitrogen and oxygen atoms in total. The van der Waals surface area contributed by atoms with Gasteiger partial charge in [-0.25, -0.2) is 0 Å². The Balaban J connectivity index is 2.06. The van der Waals surface area contributed by atoms with Gasteiger partial charge in [-0.05, 0) is 30.7 Å². The highest BCUT2D eigenvalue weighted by Gasteiger charge is 2.19. The molecule has 112 valence electrons. The zero-order chi connectivity index (χ0) is 15.4. The molecule has 1 amide bonds. The fraction of sp³-hybridized carbons (Fsp3) is 0.333. The average Bonchev–Trinajstić information content (AvgIpc) is 2.85. The highest BCUT2D eigenvalue weighted by Crippen LogP contribution is 2.23. The largest absolute Gasteiger partial charge is 0.481 e. The summed E-state index contributed by atoms with van der Waals surface area (Å²) in [4.78, 5) is 23.0. The van der Waals surface area contributed by atoms with E-state index in [9.17, 15) is 9.59 Å². The molecule has 1 unspecified atom stereocenters. The molecule has 0 spiro atoms. The van der Waals surface area contributed by atoms with Crippen LogP contribution in [0, 0.1) is 5.92 Å². The number of rotatable bonds is 6. The van der Waals surface area contributed by atoms with Crippen LogP contribution in [0.25, 0.3) is 11.0 Å². The molecule has 2 N–H and O–H groups in total. The quantitative estimate of drug-likeness (QED) is 0.858. The summed E-state index contributed by atoms with van der Waals surface area (Å²) in [5.41, 5.74) is 0.563. The minimum atomic E-state index is -0.909. The number of furan rings is 1. The summed E-state index contributed by atoms with van der Waals surface area (Å²) in [7, 11) is 0. The van der Waals surface area contributed by atoms with Gasteiger partial charge in [0, 0.05) is 17.0 Å². The van der Waals surface area contributed by atoms with Crippen LogP contribution >= 0.6 is 11.6 Å². The SMILES string of the molecule is CCCC(CNC(=O)c1cc2cc(Cl)ccc2o1)C(=O)O. The molecule has 1 heterocycles. The van der Waals surface area contributed by atoms with E-state index in [-0.39, 0.29) is 12.3 Å². The number of hydrogen-bond acceptors (Lipinski definition) is 3. The predicted octanol–water partition coefficient (Wildman–Crippen LogP) is 3.32. The lowest BCUT2D eigenvalue weighted by atomic mass is 10.0. The van der Waals surface area contributed by atoms with Crippen molar-refractivity contribution in [1.82, 2.24) is 5.32 Å². The summed E-state index contributed by atoms with van der Waals surface area (Å²) in [5, 5.41) is 12.9. The van der Waals surface area contributed by atoms with Crippen LogP contribution in [0.3, 0.4) is 0 Å². The number of fused-ring (bicyclic) bond motifs is 1. The normalized spacial score (nSPS) is 12.3. The Bertz CT molecular complexity index is 665. The molecule has 2 aromatic rings. The van der Waals surface area contributed by atoms with Gasteiger partial charge in [0.2, 0.25) is 0 Å². The summed E-state index contributed by atoms with van der Waals surface area (Å²) >= 11 is 5.87. The average molecular weight is 310 g/mol. The van der Waals surface area contributed by atoms with Crippen molar-refractivity contribution < 1.29 is 19.1 Å². The monoisotopic (exact) mass is 309 g/mol. The molecule has 2 rings (SSSR count). The van der Waals surface area contributed by atoms with Crippen molar-refractivity contribution in [3.8, 4) is 0 Å². The maximum Gasteiger partial charge on any atom is 0.308 e. The van der Waals surface area contributed by atoms with Crippen molar-refractivity contribution in [2.45, 2.75) is 19.8 Å². The van der Waals surface area contributed by atoms with Crippen LogP contribution in [0.2, 0.25) is 5.02 Å². The van der Waals surface area contributed by atoms with E-state index in [1.165, 1.54) is 0 Å². The van der Waals surface area contributed by atoms with Gasteiger partial charge in [-0.15, -0.1) is 0 Å². The van der Waals surface area contributed by atoms with Crippen molar-refractivity contribution in [2.24, 2.45) is 5.92 Å². The van der Waals surface area contributed by atoms with E-state index in [0.29, 0.717) is 17.0 Å². The third-order valence-corrected chi connectivity index (χ3v) is 3.43. The Morgan fingerprint density at radius 3 is 2.81 bits per heavy atom. The molecule has 0 aliphatic rings. The molecule has 0 aliphatic heterocycles. The second-order valence-corrected chi connectivity index (χ2v) is 5.26. The van der Waals surface area contributed by atoms with Gasteiger partial charge < -0.3 is 14.8 Å². The number of amides is 1.